The number of hydrogen-bond donors (Lipinski definition) is 0. The number of benzene rings is 2. The van der Waals surface area contributed by atoms with Gasteiger partial charge in [-0.05, 0) is 65.3 Å². The fourth-order valence-electron chi connectivity index (χ4n) is 3.47. The number of carbonyl (C=O) groups excluding carboxylic acids is 2. The fourth-order valence-corrected chi connectivity index (χ4v) is 3.47. The van der Waals surface area contributed by atoms with Gasteiger partial charge in [0.1, 0.15) is 0 Å². The van der Waals surface area contributed by atoms with Crippen LogP contribution in [0.1, 0.15) is 60.7 Å². The van der Waals surface area contributed by atoms with Crippen molar-refractivity contribution in [1.29, 1.82) is 0 Å². The molecule has 4 heteroatoms. The predicted molar refractivity (Wildman–Crippen MR) is 114 cm³/mol. The van der Waals surface area contributed by atoms with Crippen molar-refractivity contribution in [2.24, 2.45) is 0 Å². The summed E-state index contributed by atoms with van der Waals surface area (Å²) in [6.45, 7) is 6.57. The van der Waals surface area contributed by atoms with Gasteiger partial charge in [0.25, 0.3) is 0 Å². The monoisotopic (exact) mass is 390 g/mol. The third-order valence-electron chi connectivity index (χ3n) is 5.06. The second kappa shape index (κ2) is 8.91. The van der Waals surface area contributed by atoms with Gasteiger partial charge in [-0.1, -0.05) is 50.3 Å². The molecule has 0 aliphatic heterocycles. The van der Waals surface area contributed by atoms with Crippen LogP contribution in [0.15, 0.2) is 60.9 Å². The van der Waals surface area contributed by atoms with Gasteiger partial charge in [0, 0.05) is 0 Å². The van der Waals surface area contributed by atoms with Crippen LogP contribution in [-0.2, 0) is 19.7 Å². The molecule has 0 spiro atoms. The zero-order valence-corrected chi connectivity index (χ0v) is 17.1. The van der Waals surface area contributed by atoms with Gasteiger partial charge >= 0.3 is 11.9 Å². The minimum absolute atomic E-state index is 0.00445. The molecule has 150 valence electrons. The molecule has 0 saturated heterocycles. The van der Waals surface area contributed by atoms with Gasteiger partial charge in [-0.25, -0.2) is 4.79 Å². The molecule has 4 nitrogen and oxygen atoms in total. The molecule has 2 aromatic carbocycles. The molecule has 29 heavy (non-hydrogen) atoms. The Hall–Kier alpha value is -3.14. The van der Waals surface area contributed by atoms with Crippen LogP contribution in [0.4, 0.5) is 0 Å². The topological polar surface area (TPSA) is 52.6 Å². The maximum absolute atomic E-state index is 12.1. The summed E-state index contributed by atoms with van der Waals surface area (Å²) in [5, 5.41) is 0. The molecule has 1 aliphatic rings. The maximum Gasteiger partial charge on any atom is 0.342 e. The van der Waals surface area contributed by atoms with Crippen LogP contribution in [0.25, 0.3) is 11.6 Å². The summed E-state index contributed by atoms with van der Waals surface area (Å²) >= 11 is 0. The van der Waals surface area contributed by atoms with Crippen LogP contribution in [0.5, 0.6) is 0 Å². The number of carbonyl (C=O) groups is 2. The van der Waals surface area contributed by atoms with E-state index in [1.54, 1.807) is 30.3 Å². The summed E-state index contributed by atoms with van der Waals surface area (Å²) in [5.41, 5.74) is 4.63. The van der Waals surface area contributed by atoms with Crippen molar-refractivity contribution in [3.8, 4) is 0 Å². The fraction of sp³-hybridized carbons (Fsp3) is 0.280. The highest BCUT2D eigenvalue weighted by molar-refractivity contribution is 5.90. The first-order chi connectivity index (χ1) is 13.9. The molecule has 0 unspecified atom stereocenters. The number of fused-ring (bicyclic) bond motifs is 1. The van der Waals surface area contributed by atoms with E-state index in [2.05, 4.69) is 26.0 Å². The van der Waals surface area contributed by atoms with E-state index in [9.17, 15) is 9.59 Å². The first kappa shape index (κ1) is 20.6. The summed E-state index contributed by atoms with van der Waals surface area (Å²) in [6.07, 6.45) is 6.42. The Morgan fingerprint density at radius 3 is 2.59 bits per heavy atom. The number of ether oxygens (including phenoxy) is 2. The molecule has 2 aromatic rings. The van der Waals surface area contributed by atoms with Gasteiger partial charge < -0.3 is 9.47 Å². The minimum atomic E-state index is -0.399. The van der Waals surface area contributed by atoms with Crippen molar-refractivity contribution in [2.45, 2.75) is 39.0 Å². The van der Waals surface area contributed by atoms with Crippen molar-refractivity contribution in [2.75, 3.05) is 6.61 Å². The average molecular weight is 390 g/mol. The third kappa shape index (κ3) is 5.02. The quantitative estimate of drug-likeness (QED) is 0.480. The van der Waals surface area contributed by atoms with E-state index in [1.165, 1.54) is 11.8 Å². The second-order valence-corrected chi connectivity index (χ2v) is 7.68. The van der Waals surface area contributed by atoms with Gasteiger partial charge in [-0.3, -0.25) is 4.79 Å². The predicted octanol–water partition coefficient (Wildman–Crippen LogP) is 5.53. The van der Waals surface area contributed by atoms with Gasteiger partial charge in [0.05, 0.1) is 24.9 Å². The Kier molecular flexibility index (Phi) is 6.32. The van der Waals surface area contributed by atoms with Crippen LogP contribution >= 0.6 is 0 Å². The van der Waals surface area contributed by atoms with Gasteiger partial charge in [-0.15, -0.1) is 0 Å². The molecule has 0 saturated carbocycles. The van der Waals surface area contributed by atoms with E-state index in [0.29, 0.717) is 12.2 Å². The highest BCUT2D eigenvalue weighted by atomic mass is 16.5. The standard InChI is InChI=1S/C25H26O4/c1-4-28-23(26)17-20-12-14-25(2,3)22-11-10-18(16-21(20)22)13-15-29-24(27)19-8-6-5-7-9-19/h5-13,15-16H,4,14,17H2,1-3H3. The Bertz CT molecular complexity index is 952. The van der Waals surface area contributed by atoms with Gasteiger partial charge in [0.2, 0.25) is 0 Å². The molecule has 0 radical (unpaired) electrons. The second-order valence-electron chi connectivity index (χ2n) is 7.68. The Balaban J connectivity index is 1.79. The summed E-state index contributed by atoms with van der Waals surface area (Å²) < 4.78 is 10.4. The first-order valence-corrected chi connectivity index (χ1v) is 9.83. The molecule has 3 rings (SSSR count). The molecule has 0 heterocycles. The summed E-state index contributed by atoms with van der Waals surface area (Å²) in [6, 6.07) is 15.0. The first-order valence-electron chi connectivity index (χ1n) is 9.83. The van der Waals surface area contributed by atoms with E-state index in [-0.39, 0.29) is 17.8 Å². The van der Waals surface area contributed by atoms with E-state index < -0.39 is 5.97 Å². The highest BCUT2D eigenvalue weighted by Gasteiger charge is 2.28. The Morgan fingerprint density at radius 1 is 1.10 bits per heavy atom. The molecule has 0 bridgehead atoms. The van der Waals surface area contributed by atoms with Crippen molar-refractivity contribution < 1.29 is 19.1 Å². The molecule has 0 atom stereocenters. The molecular formula is C25H26O4. The van der Waals surface area contributed by atoms with Crippen LogP contribution in [-0.4, -0.2) is 18.5 Å². The van der Waals surface area contributed by atoms with E-state index in [4.69, 9.17) is 9.47 Å². The van der Waals surface area contributed by atoms with E-state index >= 15 is 0 Å². The normalized spacial score (nSPS) is 14.8. The molecule has 0 amide bonds. The lowest BCUT2D eigenvalue weighted by molar-refractivity contribution is -0.141. The zero-order valence-electron chi connectivity index (χ0n) is 17.1. The lowest BCUT2D eigenvalue weighted by atomic mass is 9.72. The van der Waals surface area contributed by atoms with Crippen molar-refractivity contribution in [3.05, 3.63) is 83.1 Å². The SMILES string of the molecule is CCOC(=O)CC1=CCC(C)(C)c2ccc(C=COC(=O)c3ccccc3)cc21. The van der Waals surface area contributed by atoms with E-state index in [1.807, 2.05) is 25.1 Å². The van der Waals surface area contributed by atoms with Crippen LogP contribution < -0.4 is 0 Å². The summed E-state index contributed by atoms with van der Waals surface area (Å²) in [5.74, 6) is -0.619. The molecule has 0 N–H and O–H groups in total. The molecular weight excluding hydrogens is 364 g/mol. The van der Waals surface area contributed by atoms with E-state index in [0.717, 1.165) is 23.1 Å². The Labute approximate surface area is 171 Å². The lowest BCUT2D eigenvalue weighted by Crippen LogP contribution is -2.22. The minimum Gasteiger partial charge on any atom is -0.466 e. The van der Waals surface area contributed by atoms with Crippen LogP contribution in [0.3, 0.4) is 0 Å². The number of hydrogen-bond acceptors (Lipinski definition) is 4. The number of allylic oxidation sites excluding steroid dienone is 1. The van der Waals surface area contributed by atoms with Gasteiger partial charge in [-0.2, -0.15) is 0 Å². The molecule has 0 aromatic heterocycles. The van der Waals surface area contributed by atoms with Gasteiger partial charge in [0.15, 0.2) is 0 Å². The van der Waals surface area contributed by atoms with Crippen molar-refractivity contribution >= 4 is 23.6 Å². The van der Waals surface area contributed by atoms with Crippen molar-refractivity contribution in [1.82, 2.24) is 0 Å². The van der Waals surface area contributed by atoms with Crippen molar-refractivity contribution in [3.63, 3.8) is 0 Å². The third-order valence-corrected chi connectivity index (χ3v) is 5.06. The largest absolute Gasteiger partial charge is 0.466 e. The van der Waals surface area contributed by atoms with Crippen LogP contribution in [0.2, 0.25) is 0 Å². The number of rotatable bonds is 6. The molecule has 0 fully saturated rings. The number of esters is 2. The Morgan fingerprint density at radius 2 is 1.86 bits per heavy atom. The van der Waals surface area contributed by atoms with Crippen LogP contribution in [0, 0.1) is 0 Å². The molecule has 1 aliphatic carbocycles. The zero-order chi connectivity index (χ0) is 20.9. The highest BCUT2D eigenvalue weighted by Crippen LogP contribution is 2.40. The average Bonchev–Trinajstić information content (AvgIpc) is 2.71. The summed E-state index contributed by atoms with van der Waals surface area (Å²) in [4.78, 5) is 24.1. The smallest absolute Gasteiger partial charge is 0.342 e. The lowest BCUT2D eigenvalue weighted by Gasteiger charge is -2.32. The maximum atomic E-state index is 12.1. The summed E-state index contributed by atoms with van der Waals surface area (Å²) in [7, 11) is 0.